The zero-order chi connectivity index (χ0) is 36.3. The second-order valence-corrected chi connectivity index (χ2v) is 14.2. The van der Waals surface area contributed by atoms with Crippen LogP contribution < -0.4 is 4.90 Å². The van der Waals surface area contributed by atoms with Gasteiger partial charge in [-0.05, 0) is 113 Å². The van der Waals surface area contributed by atoms with Crippen molar-refractivity contribution in [3.8, 4) is 22.5 Å². The highest BCUT2D eigenvalue weighted by Gasteiger charge is 2.19. The largest absolute Gasteiger partial charge is 0.310 e. The molecule has 2 aromatic heterocycles. The molecule has 0 saturated carbocycles. The van der Waals surface area contributed by atoms with Crippen LogP contribution in [0, 0.1) is 0 Å². The van der Waals surface area contributed by atoms with Gasteiger partial charge < -0.3 is 14.0 Å². The van der Waals surface area contributed by atoms with Gasteiger partial charge in [-0.3, -0.25) is 0 Å². The van der Waals surface area contributed by atoms with Crippen LogP contribution in [0.2, 0.25) is 0 Å². The van der Waals surface area contributed by atoms with Crippen molar-refractivity contribution >= 4 is 71.4 Å². The van der Waals surface area contributed by atoms with E-state index < -0.39 is 0 Å². The van der Waals surface area contributed by atoms with Gasteiger partial charge in [0.15, 0.2) is 0 Å². The van der Waals surface area contributed by atoms with Gasteiger partial charge in [-0.15, -0.1) is 0 Å². The Bertz CT molecular complexity index is 3170. The molecule has 0 fully saturated rings. The Hall–Kier alpha value is -7.36. The van der Waals surface area contributed by atoms with Crippen molar-refractivity contribution in [1.82, 2.24) is 9.13 Å². The maximum Gasteiger partial charge on any atom is 0.0547 e. The second-order valence-electron chi connectivity index (χ2n) is 14.2. The first-order valence-electron chi connectivity index (χ1n) is 18.9. The Morgan fingerprint density at radius 2 is 0.727 bits per heavy atom. The Morgan fingerprint density at radius 3 is 1.40 bits per heavy atom. The molecule has 3 heteroatoms. The molecule has 0 aliphatic rings. The highest BCUT2D eigenvalue weighted by atomic mass is 15.1. The van der Waals surface area contributed by atoms with Gasteiger partial charge in [-0.1, -0.05) is 121 Å². The van der Waals surface area contributed by atoms with E-state index in [0.29, 0.717) is 0 Å². The molecular formula is C52H35N3. The van der Waals surface area contributed by atoms with Crippen molar-refractivity contribution in [2.75, 3.05) is 4.90 Å². The number of aromatic nitrogens is 2. The van der Waals surface area contributed by atoms with Crippen LogP contribution >= 0.6 is 0 Å². The molecule has 0 aliphatic heterocycles. The summed E-state index contributed by atoms with van der Waals surface area (Å²) in [5.41, 5.74) is 12.8. The molecule has 9 aromatic carbocycles. The second kappa shape index (κ2) is 12.6. The van der Waals surface area contributed by atoms with Crippen LogP contribution in [0.15, 0.2) is 212 Å². The maximum atomic E-state index is 2.41. The third-order valence-electron chi connectivity index (χ3n) is 11.1. The van der Waals surface area contributed by atoms with E-state index in [-0.39, 0.29) is 0 Å². The molecule has 0 amide bonds. The standard InChI is InChI=1S/C52H35N3/c1-3-13-36(14-4-1)37-23-25-41(26-24-37)53(44-31-32-51-48(35-44)46-20-10-11-21-49(46)54(51)40-17-5-2-6-18-40)42-27-29-43(30-28-42)55-50-22-12-9-19-45(50)47-33-38-15-7-8-16-39(38)34-52(47)55/h1-35H. The lowest BCUT2D eigenvalue weighted by Crippen LogP contribution is -2.10. The van der Waals surface area contributed by atoms with Crippen molar-refractivity contribution in [3.63, 3.8) is 0 Å². The van der Waals surface area contributed by atoms with Crippen molar-refractivity contribution in [2.24, 2.45) is 0 Å². The molecule has 0 bridgehead atoms. The van der Waals surface area contributed by atoms with E-state index >= 15 is 0 Å². The fraction of sp³-hybridized carbons (Fsp3) is 0. The first kappa shape index (κ1) is 31.2. The minimum Gasteiger partial charge on any atom is -0.310 e. The van der Waals surface area contributed by atoms with Gasteiger partial charge in [0.25, 0.3) is 0 Å². The first-order valence-corrected chi connectivity index (χ1v) is 18.9. The molecule has 11 aromatic rings. The van der Waals surface area contributed by atoms with Gasteiger partial charge >= 0.3 is 0 Å². The van der Waals surface area contributed by atoms with Crippen LogP contribution in [0.4, 0.5) is 17.1 Å². The van der Waals surface area contributed by atoms with E-state index in [1.807, 2.05) is 0 Å². The van der Waals surface area contributed by atoms with Crippen LogP contribution in [-0.4, -0.2) is 9.13 Å². The Kier molecular flexibility index (Phi) is 7.17. The van der Waals surface area contributed by atoms with Crippen LogP contribution in [0.25, 0.3) is 76.9 Å². The van der Waals surface area contributed by atoms with E-state index in [4.69, 9.17) is 0 Å². The average molecular weight is 702 g/mol. The first-order chi connectivity index (χ1) is 27.3. The molecule has 3 nitrogen and oxygen atoms in total. The summed E-state index contributed by atoms with van der Waals surface area (Å²) >= 11 is 0. The zero-order valence-electron chi connectivity index (χ0n) is 30.0. The van der Waals surface area contributed by atoms with E-state index in [1.54, 1.807) is 0 Å². The molecule has 55 heavy (non-hydrogen) atoms. The Morgan fingerprint density at radius 1 is 0.273 bits per heavy atom. The molecule has 11 rings (SSSR count). The number of hydrogen-bond acceptors (Lipinski definition) is 1. The minimum absolute atomic E-state index is 1.09. The molecule has 0 radical (unpaired) electrons. The van der Waals surface area contributed by atoms with E-state index in [1.165, 1.54) is 65.5 Å². The molecule has 0 spiro atoms. The summed E-state index contributed by atoms with van der Waals surface area (Å²) in [7, 11) is 0. The molecular weight excluding hydrogens is 667 g/mol. The molecule has 2 heterocycles. The Balaban J connectivity index is 1.08. The normalized spacial score (nSPS) is 11.6. The lowest BCUT2D eigenvalue weighted by molar-refractivity contribution is 1.17. The molecule has 0 unspecified atom stereocenters. The topological polar surface area (TPSA) is 13.1 Å². The predicted molar refractivity (Wildman–Crippen MR) is 233 cm³/mol. The van der Waals surface area contributed by atoms with Crippen molar-refractivity contribution in [3.05, 3.63) is 212 Å². The fourth-order valence-corrected chi connectivity index (χ4v) is 8.52. The van der Waals surface area contributed by atoms with Crippen molar-refractivity contribution < 1.29 is 0 Å². The summed E-state index contributed by atoms with van der Waals surface area (Å²) < 4.78 is 4.78. The lowest BCUT2D eigenvalue weighted by atomic mass is 10.0. The van der Waals surface area contributed by atoms with Crippen LogP contribution in [0.3, 0.4) is 0 Å². The predicted octanol–water partition coefficient (Wildman–Crippen LogP) is 14.2. The van der Waals surface area contributed by atoms with E-state index in [2.05, 4.69) is 226 Å². The average Bonchev–Trinajstić information content (AvgIpc) is 3.76. The summed E-state index contributed by atoms with van der Waals surface area (Å²) in [5, 5.41) is 7.47. The third kappa shape index (κ3) is 5.13. The number of nitrogens with zero attached hydrogens (tertiary/aromatic N) is 3. The van der Waals surface area contributed by atoms with Crippen LogP contribution in [0.1, 0.15) is 0 Å². The maximum absolute atomic E-state index is 2.41. The van der Waals surface area contributed by atoms with Gasteiger partial charge in [0, 0.05) is 50.0 Å². The number of benzene rings is 9. The summed E-state index contributed by atoms with van der Waals surface area (Å²) in [6, 6.07) is 76.9. The van der Waals surface area contributed by atoms with Gasteiger partial charge in [0.1, 0.15) is 0 Å². The minimum atomic E-state index is 1.09. The molecule has 0 saturated heterocycles. The summed E-state index contributed by atoms with van der Waals surface area (Å²) in [5.74, 6) is 0. The highest BCUT2D eigenvalue weighted by Crippen LogP contribution is 2.41. The highest BCUT2D eigenvalue weighted by molar-refractivity contribution is 6.14. The monoisotopic (exact) mass is 701 g/mol. The third-order valence-corrected chi connectivity index (χ3v) is 11.1. The lowest BCUT2D eigenvalue weighted by Gasteiger charge is -2.26. The van der Waals surface area contributed by atoms with Gasteiger partial charge in [0.2, 0.25) is 0 Å². The summed E-state index contributed by atoms with van der Waals surface area (Å²) in [4.78, 5) is 2.38. The van der Waals surface area contributed by atoms with Gasteiger partial charge in [-0.25, -0.2) is 0 Å². The summed E-state index contributed by atoms with van der Waals surface area (Å²) in [6.45, 7) is 0. The smallest absolute Gasteiger partial charge is 0.0547 e. The van der Waals surface area contributed by atoms with Crippen molar-refractivity contribution in [1.29, 1.82) is 0 Å². The number of rotatable bonds is 6. The molecule has 258 valence electrons. The quantitative estimate of drug-likeness (QED) is 0.168. The van der Waals surface area contributed by atoms with Crippen molar-refractivity contribution in [2.45, 2.75) is 0 Å². The van der Waals surface area contributed by atoms with Crippen LogP contribution in [-0.2, 0) is 0 Å². The molecule has 0 atom stereocenters. The molecule has 0 N–H and O–H groups in total. The van der Waals surface area contributed by atoms with E-state index in [9.17, 15) is 0 Å². The molecule has 0 aliphatic carbocycles. The Labute approximate surface area is 319 Å². The van der Waals surface area contributed by atoms with E-state index in [0.717, 1.165) is 28.4 Å². The summed E-state index contributed by atoms with van der Waals surface area (Å²) in [6.07, 6.45) is 0. The number of anilines is 3. The number of hydrogen-bond donors (Lipinski definition) is 0. The SMILES string of the molecule is c1ccc(-c2ccc(N(c3ccc(-n4c5ccccc5c5cc6ccccc6cc54)cc3)c3ccc4c(c3)c3ccccc3n4-c3ccccc3)cc2)cc1. The fourth-order valence-electron chi connectivity index (χ4n) is 8.52. The van der Waals surface area contributed by atoms with Gasteiger partial charge in [0.05, 0.1) is 22.1 Å². The zero-order valence-corrected chi connectivity index (χ0v) is 30.0. The number of para-hydroxylation sites is 3. The number of fused-ring (bicyclic) bond motifs is 7. The van der Waals surface area contributed by atoms with Gasteiger partial charge in [-0.2, -0.15) is 0 Å². The van der Waals surface area contributed by atoms with Crippen LogP contribution in [0.5, 0.6) is 0 Å².